The van der Waals surface area contributed by atoms with E-state index in [1.807, 2.05) is 0 Å². The van der Waals surface area contributed by atoms with E-state index in [-0.39, 0.29) is 11.4 Å². The Morgan fingerprint density at radius 2 is 2.50 bits per heavy atom. The zero-order valence-corrected chi connectivity index (χ0v) is 7.43. The maximum absolute atomic E-state index is 10.9. The van der Waals surface area contributed by atoms with E-state index in [4.69, 9.17) is 5.73 Å². The fourth-order valence-corrected chi connectivity index (χ4v) is 0.840. The standard InChI is InChI=1S/C7H9N3OS/c1-2-4(12)7-9-5(8)3-6(11)10-7/h2-3,12H,1H3,(H3,8,9,10,11). The minimum absolute atomic E-state index is 0.196. The van der Waals surface area contributed by atoms with Crippen molar-refractivity contribution in [2.45, 2.75) is 6.92 Å². The van der Waals surface area contributed by atoms with Crippen LogP contribution in [0, 0.1) is 0 Å². The minimum atomic E-state index is -0.272. The van der Waals surface area contributed by atoms with Gasteiger partial charge in [-0.2, -0.15) is 0 Å². The molecule has 0 saturated carbocycles. The Bertz CT molecular complexity index is 369. The van der Waals surface area contributed by atoms with Crippen LogP contribution in [0.5, 0.6) is 0 Å². The Kier molecular flexibility index (Phi) is 2.54. The van der Waals surface area contributed by atoms with Crippen molar-refractivity contribution >= 4 is 23.4 Å². The molecule has 64 valence electrons. The van der Waals surface area contributed by atoms with Crippen molar-refractivity contribution in [2.75, 3.05) is 5.73 Å². The van der Waals surface area contributed by atoms with Gasteiger partial charge in [0.15, 0.2) is 0 Å². The highest BCUT2D eigenvalue weighted by Gasteiger charge is 1.99. The van der Waals surface area contributed by atoms with Gasteiger partial charge >= 0.3 is 0 Å². The number of nitrogens with zero attached hydrogens (tertiary/aromatic N) is 1. The summed E-state index contributed by atoms with van der Waals surface area (Å²) in [5, 5.41) is 0. The van der Waals surface area contributed by atoms with Crippen molar-refractivity contribution in [2.24, 2.45) is 0 Å². The van der Waals surface area contributed by atoms with Crippen LogP contribution in [-0.4, -0.2) is 9.97 Å². The second-order valence-corrected chi connectivity index (χ2v) is 2.67. The van der Waals surface area contributed by atoms with E-state index in [1.165, 1.54) is 6.07 Å². The Hall–Kier alpha value is -1.23. The molecule has 0 aliphatic heterocycles. The molecule has 1 aromatic heterocycles. The number of hydrogen-bond donors (Lipinski definition) is 3. The number of allylic oxidation sites excluding steroid dienone is 1. The number of nitrogens with two attached hydrogens (primary N) is 1. The number of nitrogen functional groups attached to an aromatic ring is 1. The molecule has 3 N–H and O–H groups in total. The smallest absolute Gasteiger partial charge is 0.253 e. The normalized spacial score (nSPS) is 11.7. The second-order valence-electron chi connectivity index (χ2n) is 2.19. The largest absolute Gasteiger partial charge is 0.383 e. The molecule has 0 spiro atoms. The Morgan fingerprint density at radius 3 is 3.00 bits per heavy atom. The summed E-state index contributed by atoms with van der Waals surface area (Å²) in [7, 11) is 0. The van der Waals surface area contributed by atoms with Crippen molar-refractivity contribution < 1.29 is 0 Å². The van der Waals surface area contributed by atoms with Gasteiger partial charge < -0.3 is 10.7 Å². The zero-order chi connectivity index (χ0) is 9.14. The predicted molar refractivity (Wildman–Crippen MR) is 51.9 cm³/mol. The Labute approximate surface area is 74.9 Å². The minimum Gasteiger partial charge on any atom is -0.383 e. The van der Waals surface area contributed by atoms with Crippen molar-refractivity contribution in [3.8, 4) is 0 Å². The third kappa shape index (κ3) is 1.88. The highest BCUT2D eigenvalue weighted by atomic mass is 32.1. The number of aromatic nitrogens is 2. The second kappa shape index (κ2) is 3.44. The van der Waals surface area contributed by atoms with Gasteiger partial charge in [-0.25, -0.2) is 4.98 Å². The van der Waals surface area contributed by atoms with Gasteiger partial charge in [0.25, 0.3) is 5.56 Å². The van der Waals surface area contributed by atoms with Crippen molar-refractivity contribution in [3.05, 3.63) is 28.3 Å². The van der Waals surface area contributed by atoms with Crippen LogP contribution in [0.1, 0.15) is 12.7 Å². The van der Waals surface area contributed by atoms with Crippen LogP contribution >= 0.6 is 12.6 Å². The molecule has 0 aliphatic carbocycles. The van der Waals surface area contributed by atoms with Crippen molar-refractivity contribution in [1.82, 2.24) is 9.97 Å². The summed E-state index contributed by atoms with van der Waals surface area (Å²) in [5.41, 5.74) is 5.09. The highest BCUT2D eigenvalue weighted by molar-refractivity contribution is 7.90. The van der Waals surface area contributed by atoms with Gasteiger partial charge in [-0.15, -0.1) is 12.6 Å². The van der Waals surface area contributed by atoms with Gasteiger partial charge in [0.05, 0.1) is 0 Å². The van der Waals surface area contributed by atoms with Crippen molar-refractivity contribution in [1.29, 1.82) is 0 Å². The quantitative estimate of drug-likeness (QED) is 0.559. The molecule has 0 aliphatic rings. The number of aromatic amines is 1. The average Bonchev–Trinajstić information content (AvgIpc) is 2.01. The fourth-order valence-electron chi connectivity index (χ4n) is 0.734. The van der Waals surface area contributed by atoms with Gasteiger partial charge in [-0.05, 0) is 6.92 Å². The number of H-pyrrole nitrogens is 1. The number of rotatable bonds is 1. The lowest BCUT2D eigenvalue weighted by Gasteiger charge is -1.98. The number of hydrogen-bond acceptors (Lipinski definition) is 4. The molecule has 0 atom stereocenters. The molecule has 0 bridgehead atoms. The molecule has 0 unspecified atom stereocenters. The summed E-state index contributed by atoms with van der Waals surface area (Å²) < 4.78 is 0. The molecule has 4 nitrogen and oxygen atoms in total. The summed E-state index contributed by atoms with van der Waals surface area (Å²) in [6, 6.07) is 1.22. The topological polar surface area (TPSA) is 71.8 Å². The van der Waals surface area contributed by atoms with Crippen molar-refractivity contribution in [3.63, 3.8) is 0 Å². The van der Waals surface area contributed by atoms with E-state index in [0.717, 1.165) is 0 Å². The van der Waals surface area contributed by atoms with Crippen LogP contribution in [0.4, 0.5) is 5.82 Å². The first-order chi connectivity index (χ1) is 5.63. The van der Waals surface area contributed by atoms with Crippen LogP contribution in [0.3, 0.4) is 0 Å². The van der Waals surface area contributed by atoms with Gasteiger partial charge in [0.2, 0.25) is 0 Å². The Morgan fingerprint density at radius 1 is 1.83 bits per heavy atom. The van der Waals surface area contributed by atoms with Crippen LogP contribution < -0.4 is 11.3 Å². The number of anilines is 1. The lowest BCUT2D eigenvalue weighted by atomic mass is 10.4. The molecule has 0 aromatic carbocycles. The molecule has 12 heavy (non-hydrogen) atoms. The van der Waals surface area contributed by atoms with Crippen LogP contribution in [0.2, 0.25) is 0 Å². The zero-order valence-electron chi connectivity index (χ0n) is 6.53. The van der Waals surface area contributed by atoms with E-state index in [9.17, 15) is 4.79 Å². The molecular formula is C7H9N3OS. The maximum Gasteiger partial charge on any atom is 0.253 e. The molecule has 1 rings (SSSR count). The van der Waals surface area contributed by atoms with E-state index < -0.39 is 0 Å². The molecule has 1 aromatic rings. The van der Waals surface area contributed by atoms with Gasteiger partial charge in [0.1, 0.15) is 11.6 Å². The molecular weight excluding hydrogens is 174 g/mol. The molecule has 0 radical (unpaired) electrons. The van der Waals surface area contributed by atoms with Crippen LogP contribution in [0.15, 0.2) is 16.9 Å². The molecule has 0 amide bonds. The summed E-state index contributed by atoms with van der Waals surface area (Å²) >= 11 is 4.09. The van der Waals surface area contributed by atoms with E-state index in [0.29, 0.717) is 10.7 Å². The first kappa shape index (κ1) is 8.86. The summed E-state index contributed by atoms with van der Waals surface area (Å²) in [4.78, 5) is 17.9. The molecule has 1 heterocycles. The van der Waals surface area contributed by atoms with E-state index in [1.54, 1.807) is 13.0 Å². The SMILES string of the molecule is CC=C(S)c1nc(N)cc(=O)[nH]1. The van der Waals surface area contributed by atoms with Crippen LogP contribution in [-0.2, 0) is 0 Å². The maximum atomic E-state index is 10.9. The lowest BCUT2D eigenvalue weighted by molar-refractivity contribution is 1.09. The summed E-state index contributed by atoms with van der Waals surface area (Å²) in [6.07, 6.45) is 1.72. The van der Waals surface area contributed by atoms with Gasteiger partial charge in [0, 0.05) is 11.0 Å². The fraction of sp³-hybridized carbons (Fsp3) is 0.143. The third-order valence-corrected chi connectivity index (χ3v) is 1.75. The summed E-state index contributed by atoms with van der Waals surface area (Å²) in [6.45, 7) is 1.80. The highest BCUT2D eigenvalue weighted by Crippen LogP contribution is 2.11. The van der Waals surface area contributed by atoms with Crippen LogP contribution in [0.25, 0.3) is 4.91 Å². The number of nitrogens with one attached hydrogen (secondary N) is 1. The number of thiol groups is 1. The molecule has 0 fully saturated rings. The van der Waals surface area contributed by atoms with Gasteiger partial charge in [-0.3, -0.25) is 4.79 Å². The lowest BCUT2D eigenvalue weighted by Crippen LogP contribution is -2.10. The van der Waals surface area contributed by atoms with Gasteiger partial charge in [-0.1, -0.05) is 6.08 Å². The predicted octanol–water partition coefficient (Wildman–Crippen LogP) is 0.643. The third-order valence-electron chi connectivity index (χ3n) is 1.28. The molecule has 0 saturated heterocycles. The van der Waals surface area contributed by atoms with E-state index in [2.05, 4.69) is 22.6 Å². The first-order valence-corrected chi connectivity index (χ1v) is 3.80. The monoisotopic (exact) mass is 183 g/mol. The first-order valence-electron chi connectivity index (χ1n) is 3.36. The molecule has 5 heteroatoms. The summed E-state index contributed by atoms with van der Waals surface area (Å²) in [5.74, 6) is 0.591. The Balaban J connectivity index is 3.27. The van der Waals surface area contributed by atoms with E-state index >= 15 is 0 Å². The average molecular weight is 183 g/mol.